The van der Waals surface area contributed by atoms with Crippen molar-refractivity contribution in [1.29, 1.82) is 0 Å². The molecule has 2 aliphatic rings. The lowest BCUT2D eigenvalue weighted by Crippen LogP contribution is -2.45. The molecule has 3 rings (SSSR count). The van der Waals surface area contributed by atoms with E-state index in [9.17, 15) is 9.90 Å². The quantitative estimate of drug-likeness (QED) is 0.897. The van der Waals surface area contributed by atoms with Crippen molar-refractivity contribution in [2.24, 2.45) is 0 Å². The Labute approximate surface area is 126 Å². The number of hydrogen-bond acceptors (Lipinski definition) is 2. The van der Waals surface area contributed by atoms with Crippen LogP contribution in [0.25, 0.3) is 0 Å². The van der Waals surface area contributed by atoms with Crippen molar-refractivity contribution >= 4 is 5.91 Å². The predicted molar refractivity (Wildman–Crippen MR) is 83.2 cm³/mol. The van der Waals surface area contributed by atoms with Gasteiger partial charge in [0.1, 0.15) is 0 Å². The summed E-state index contributed by atoms with van der Waals surface area (Å²) in [4.78, 5) is 12.2. The molecule has 114 valence electrons. The van der Waals surface area contributed by atoms with Gasteiger partial charge in [-0.1, -0.05) is 31.0 Å². The number of rotatable bonds is 3. The Morgan fingerprint density at radius 1 is 1.10 bits per heavy atom. The lowest BCUT2D eigenvalue weighted by molar-refractivity contribution is -0.122. The fraction of sp³-hybridized carbons (Fsp3) is 0.611. The molecule has 0 bridgehead atoms. The zero-order valence-electron chi connectivity index (χ0n) is 12.6. The summed E-state index contributed by atoms with van der Waals surface area (Å²) in [6.07, 6.45) is 8.80. The van der Waals surface area contributed by atoms with Gasteiger partial charge in [0.25, 0.3) is 0 Å². The van der Waals surface area contributed by atoms with Gasteiger partial charge >= 0.3 is 0 Å². The average molecular weight is 287 g/mol. The molecule has 2 unspecified atom stereocenters. The van der Waals surface area contributed by atoms with Gasteiger partial charge in [-0.05, 0) is 55.2 Å². The molecule has 0 saturated heterocycles. The van der Waals surface area contributed by atoms with Crippen LogP contribution in [0.15, 0.2) is 18.2 Å². The molecule has 1 amide bonds. The van der Waals surface area contributed by atoms with Crippen molar-refractivity contribution in [2.75, 3.05) is 0 Å². The Hall–Kier alpha value is -1.35. The molecule has 1 fully saturated rings. The minimum Gasteiger partial charge on any atom is -0.391 e. The minimum atomic E-state index is -0.369. The molecule has 3 heteroatoms. The molecule has 0 radical (unpaired) electrons. The molecule has 21 heavy (non-hydrogen) atoms. The Balaban J connectivity index is 1.59. The summed E-state index contributed by atoms with van der Waals surface area (Å²) in [7, 11) is 0. The Morgan fingerprint density at radius 2 is 1.86 bits per heavy atom. The molecule has 2 atom stereocenters. The highest BCUT2D eigenvalue weighted by atomic mass is 16.3. The molecule has 1 aromatic carbocycles. The summed E-state index contributed by atoms with van der Waals surface area (Å²) in [6.45, 7) is 0. The third-order valence-electron chi connectivity index (χ3n) is 4.85. The maximum absolute atomic E-state index is 12.2. The van der Waals surface area contributed by atoms with Gasteiger partial charge in [0.15, 0.2) is 0 Å². The van der Waals surface area contributed by atoms with E-state index in [4.69, 9.17) is 0 Å². The zero-order chi connectivity index (χ0) is 14.7. The van der Waals surface area contributed by atoms with Gasteiger partial charge in [-0.3, -0.25) is 4.79 Å². The largest absolute Gasteiger partial charge is 0.391 e. The molecule has 2 N–H and O–H groups in total. The number of fused-ring (bicyclic) bond motifs is 1. The monoisotopic (exact) mass is 287 g/mol. The summed E-state index contributed by atoms with van der Waals surface area (Å²) in [5.74, 6) is 0.0386. The minimum absolute atomic E-state index is 0.0386. The van der Waals surface area contributed by atoms with Crippen molar-refractivity contribution in [3.63, 3.8) is 0 Å². The van der Waals surface area contributed by atoms with Crippen LogP contribution in [0.2, 0.25) is 0 Å². The Morgan fingerprint density at radius 3 is 2.67 bits per heavy atom. The predicted octanol–water partition coefficient (Wildman–Crippen LogP) is 2.53. The number of carbonyl (C=O) groups excluding carboxylic acids is 1. The summed E-state index contributed by atoms with van der Waals surface area (Å²) in [5, 5.41) is 12.9. The number of aryl methyl sites for hydroxylation is 2. The van der Waals surface area contributed by atoms with E-state index >= 15 is 0 Å². The number of nitrogens with one attached hydrogen (secondary N) is 1. The van der Waals surface area contributed by atoms with Gasteiger partial charge in [-0.2, -0.15) is 0 Å². The highest BCUT2D eigenvalue weighted by Gasteiger charge is 2.24. The van der Waals surface area contributed by atoms with Gasteiger partial charge in [0, 0.05) is 0 Å². The first-order valence-corrected chi connectivity index (χ1v) is 8.30. The fourth-order valence-corrected chi connectivity index (χ4v) is 3.62. The molecule has 0 spiro atoms. The molecular weight excluding hydrogens is 262 g/mol. The highest BCUT2D eigenvalue weighted by Crippen LogP contribution is 2.23. The highest BCUT2D eigenvalue weighted by molar-refractivity contribution is 5.79. The maximum Gasteiger partial charge on any atom is 0.224 e. The van der Waals surface area contributed by atoms with Crippen molar-refractivity contribution in [3.05, 3.63) is 34.9 Å². The second kappa shape index (κ2) is 6.61. The lowest BCUT2D eigenvalue weighted by Gasteiger charge is -2.28. The normalized spacial score (nSPS) is 25.2. The smallest absolute Gasteiger partial charge is 0.224 e. The summed E-state index contributed by atoms with van der Waals surface area (Å²) in [5.41, 5.74) is 3.97. The summed E-state index contributed by atoms with van der Waals surface area (Å²) >= 11 is 0. The van der Waals surface area contributed by atoms with E-state index < -0.39 is 0 Å². The molecule has 0 aliphatic heterocycles. The number of carbonyl (C=O) groups is 1. The van der Waals surface area contributed by atoms with E-state index in [1.807, 2.05) is 0 Å². The van der Waals surface area contributed by atoms with Crippen LogP contribution in [0.3, 0.4) is 0 Å². The maximum atomic E-state index is 12.2. The van der Waals surface area contributed by atoms with Crippen molar-refractivity contribution < 1.29 is 9.90 Å². The van der Waals surface area contributed by atoms with Gasteiger partial charge in [-0.15, -0.1) is 0 Å². The number of benzene rings is 1. The average Bonchev–Trinajstić information content (AvgIpc) is 2.49. The van der Waals surface area contributed by atoms with Crippen LogP contribution in [-0.2, 0) is 24.1 Å². The van der Waals surface area contributed by atoms with Gasteiger partial charge in [-0.25, -0.2) is 0 Å². The van der Waals surface area contributed by atoms with Crippen LogP contribution in [0.4, 0.5) is 0 Å². The third kappa shape index (κ3) is 3.65. The molecule has 1 saturated carbocycles. The first-order chi connectivity index (χ1) is 10.2. The van der Waals surface area contributed by atoms with E-state index in [-0.39, 0.29) is 18.1 Å². The van der Waals surface area contributed by atoms with Crippen LogP contribution in [0.5, 0.6) is 0 Å². The molecule has 3 nitrogen and oxygen atoms in total. The van der Waals surface area contributed by atoms with Crippen LogP contribution in [0.1, 0.15) is 55.2 Å². The van der Waals surface area contributed by atoms with Crippen LogP contribution in [0, 0.1) is 0 Å². The van der Waals surface area contributed by atoms with Gasteiger partial charge in [0.2, 0.25) is 5.91 Å². The van der Waals surface area contributed by atoms with E-state index in [0.717, 1.165) is 37.7 Å². The van der Waals surface area contributed by atoms with E-state index in [1.165, 1.54) is 30.4 Å². The van der Waals surface area contributed by atoms with Crippen LogP contribution < -0.4 is 5.32 Å². The second-order valence-corrected chi connectivity index (χ2v) is 6.51. The first kappa shape index (κ1) is 14.6. The van der Waals surface area contributed by atoms with Crippen molar-refractivity contribution in [1.82, 2.24) is 5.32 Å². The van der Waals surface area contributed by atoms with Crippen LogP contribution >= 0.6 is 0 Å². The molecule has 0 aromatic heterocycles. The van der Waals surface area contributed by atoms with E-state index in [0.29, 0.717) is 6.42 Å². The first-order valence-electron chi connectivity index (χ1n) is 8.30. The van der Waals surface area contributed by atoms with Crippen LogP contribution in [-0.4, -0.2) is 23.2 Å². The second-order valence-electron chi connectivity index (χ2n) is 6.51. The standard InChI is InChI=1S/C18H25NO2/c20-17-8-4-3-7-16(17)19-18(21)12-13-9-10-14-5-1-2-6-15(14)11-13/h9-11,16-17,20H,1-8,12H2,(H,19,21). The zero-order valence-corrected chi connectivity index (χ0v) is 12.6. The number of hydrogen-bond donors (Lipinski definition) is 2. The summed E-state index contributed by atoms with van der Waals surface area (Å²) < 4.78 is 0. The Bertz CT molecular complexity index is 512. The third-order valence-corrected chi connectivity index (χ3v) is 4.85. The van der Waals surface area contributed by atoms with Crippen molar-refractivity contribution in [2.45, 2.75) is 69.9 Å². The SMILES string of the molecule is O=C(Cc1ccc2c(c1)CCCC2)NC1CCCCC1O. The Kier molecular flexibility index (Phi) is 4.59. The fourth-order valence-electron chi connectivity index (χ4n) is 3.62. The number of aliphatic hydroxyl groups is 1. The molecular formula is C18H25NO2. The van der Waals surface area contributed by atoms with Gasteiger partial charge in [0.05, 0.1) is 18.6 Å². The van der Waals surface area contributed by atoms with Crippen molar-refractivity contribution in [3.8, 4) is 0 Å². The van der Waals surface area contributed by atoms with E-state index in [1.54, 1.807) is 0 Å². The summed E-state index contributed by atoms with van der Waals surface area (Å²) in [6, 6.07) is 6.42. The molecule has 1 aromatic rings. The number of aliphatic hydroxyl groups excluding tert-OH is 1. The van der Waals surface area contributed by atoms with E-state index in [2.05, 4.69) is 23.5 Å². The molecule has 2 aliphatic carbocycles. The lowest BCUT2D eigenvalue weighted by atomic mass is 9.89. The topological polar surface area (TPSA) is 49.3 Å². The molecule has 0 heterocycles. The van der Waals surface area contributed by atoms with Gasteiger partial charge < -0.3 is 10.4 Å². The number of amides is 1.